The van der Waals surface area contributed by atoms with Crippen molar-refractivity contribution >= 4 is 0 Å². The molecule has 0 amide bonds. The van der Waals surface area contributed by atoms with Crippen LogP contribution in [-0.4, -0.2) is 62.3 Å². The quantitative estimate of drug-likeness (QED) is 0.378. The second-order valence-corrected chi connectivity index (χ2v) is 6.19. The van der Waals surface area contributed by atoms with Crippen LogP contribution >= 0.6 is 0 Å². The maximum atomic E-state index is 10.4. The van der Waals surface area contributed by atoms with Gasteiger partial charge >= 0.3 is 0 Å². The molecule has 130 valence electrons. The molecule has 0 aliphatic rings. The monoisotopic (exact) mass is 315 g/mol. The van der Waals surface area contributed by atoms with Crippen molar-refractivity contribution in [1.82, 2.24) is 15.5 Å². The molecule has 2 N–H and O–H groups in total. The lowest BCUT2D eigenvalue weighted by Crippen LogP contribution is -2.37. The molecular formula is C15H33N5O2. The third kappa shape index (κ3) is 9.92. The maximum absolute atomic E-state index is 10.4. The van der Waals surface area contributed by atoms with Crippen LogP contribution in [0, 0.1) is 9.81 Å². The van der Waals surface area contributed by atoms with Gasteiger partial charge in [0.15, 0.2) is 0 Å². The number of nitrogens with zero attached hydrogens (tertiary/aromatic N) is 3. The van der Waals surface area contributed by atoms with Gasteiger partial charge < -0.3 is 15.5 Å². The van der Waals surface area contributed by atoms with Crippen molar-refractivity contribution in [2.75, 3.05) is 33.2 Å². The number of rotatable bonds is 14. The Morgan fingerprint density at radius 3 is 1.50 bits per heavy atom. The molecule has 0 bridgehead atoms. The third-order valence-electron chi connectivity index (χ3n) is 4.15. The van der Waals surface area contributed by atoms with Crippen LogP contribution in [0.1, 0.15) is 40.5 Å². The molecule has 4 atom stereocenters. The van der Waals surface area contributed by atoms with Crippen LogP contribution in [-0.2, 0) is 0 Å². The molecular weight excluding hydrogens is 282 g/mol. The van der Waals surface area contributed by atoms with E-state index in [1.807, 2.05) is 27.7 Å². The van der Waals surface area contributed by atoms with Gasteiger partial charge in [-0.3, -0.25) is 0 Å². The highest BCUT2D eigenvalue weighted by molar-refractivity contribution is 4.74. The van der Waals surface area contributed by atoms with Gasteiger partial charge in [0.1, 0.15) is 12.1 Å². The van der Waals surface area contributed by atoms with Crippen molar-refractivity contribution in [3.8, 4) is 0 Å². The van der Waals surface area contributed by atoms with Gasteiger partial charge in [0.25, 0.3) is 0 Å². The Hall–Kier alpha value is -0.920. The molecule has 0 spiro atoms. The summed E-state index contributed by atoms with van der Waals surface area (Å²) < 4.78 is 0. The Morgan fingerprint density at radius 1 is 0.818 bits per heavy atom. The molecule has 0 aromatic rings. The summed E-state index contributed by atoms with van der Waals surface area (Å²) in [7, 11) is 2.11. The normalized spacial score (nSPS) is 17.0. The fourth-order valence-corrected chi connectivity index (χ4v) is 1.99. The highest BCUT2D eigenvalue weighted by Crippen LogP contribution is 1.98. The Labute approximate surface area is 134 Å². The van der Waals surface area contributed by atoms with E-state index in [4.69, 9.17) is 0 Å². The predicted octanol–water partition coefficient (Wildman–Crippen LogP) is 1.96. The van der Waals surface area contributed by atoms with Gasteiger partial charge in [-0.2, -0.15) is 9.81 Å². The van der Waals surface area contributed by atoms with E-state index in [1.165, 1.54) is 0 Å². The van der Waals surface area contributed by atoms with Gasteiger partial charge in [-0.25, -0.2) is 0 Å². The van der Waals surface area contributed by atoms with Gasteiger partial charge in [-0.15, -0.1) is 0 Å². The highest BCUT2D eigenvalue weighted by Gasteiger charge is 2.11. The smallest absolute Gasteiger partial charge is 0.104 e. The summed E-state index contributed by atoms with van der Waals surface area (Å²) in [6, 6.07) is -0.119. The largest absolute Gasteiger partial charge is 0.312 e. The van der Waals surface area contributed by atoms with Crippen LogP contribution in [0.4, 0.5) is 0 Å². The van der Waals surface area contributed by atoms with E-state index in [-0.39, 0.29) is 24.2 Å². The van der Waals surface area contributed by atoms with Gasteiger partial charge in [0.2, 0.25) is 0 Å². The van der Waals surface area contributed by atoms with Gasteiger partial charge in [0.05, 0.1) is 0 Å². The summed E-state index contributed by atoms with van der Waals surface area (Å²) in [4.78, 5) is 23.1. The second kappa shape index (κ2) is 12.6. The molecule has 0 rings (SSSR count). The molecule has 0 aliphatic carbocycles. The lowest BCUT2D eigenvalue weighted by molar-refractivity contribution is 0.312. The third-order valence-corrected chi connectivity index (χ3v) is 4.15. The molecule has 0 aromatic heterocycles. The van der Waals surface area contributed by atoms with Crippen LogP contribution in [0.2, 0.25) is 0 Å². The topological polar surface area (TPSA) is 86.2 Å². The van der Waals surface area contributed by atoms with E-state index in [1.54, 1.807) is 0 Å². The minimum atomic E-state index is -0.186. The number of nitrogens with one attached hydrogen (secondary N) is 2. The second-order valence-electron chi connectivity index (χ2n) is 6.19. The van der Waals surface area contributed by atoms with Crippen LogP contribution in [0.3, 0.4) is 0 Å². The zero-order chi connectivity index (χ0) is 17.0. The number of hydrogen-bond acceptors (Lipinski definition) is 7. The fourth-order valence-electron chi connectivity index (χ4n) is 1.99. The molecule has 4 unspecified atom stereocenters. The molecule has 7 nitrogen and oxygen atoms in total. The molecule has 0 aromatic carbocycles. The number of nitroso groups, excluding NO2 is 2. The van der Waals surface area contributed by atoms with E-state index >= 15 is 0 Å². The standard InChI is InChI=1S/C15H33N5O2/c1-12(14(3)18-21)16-8-6-10-20(5)11-7-9-17-13(2)15(4)19-22/h12-17H,6-11H2,1-5H3. The summed E-state index contributed by atoms with van der Waals surface area (Å²) >= 11 is 0. The van der Waals surface area contributed by atoms with Crippen molar-refractivity contribution < 1.29 is 0 Å². The fraction of sp³-hybridized carbons (Fsp3) is 1.00. The zero-order valence-electron chi connectivity index (χ0n) is 14.7. The van der Waals surface area contributed by atoms with E-state index in [0.29, 0.717) is 0 Å². The van der Waals surface area contributed by atoms with Gasteiger partial charge in [0, 0.05) is 12.1 Å². The first-order valence-corrected chi connectivity index (χ1v) is 8.22. The highest BCUT2D eigenvalue weighted by atomic mass is 16.3. The molecule has 0 heterocycles. The average Bonchev–Trinajstić information content (AvgIpc) is 2.53. The molecule has 0 radical (unpaired) electrons. The van der Waals surface area contributed by atoms with Crippen molar-refractivity contribution in [2.24, 2.45) is 10.4 Å². The van der Waals surface area contributed by atoms with Crippen LogP contribution in [0.5, 0.6) is 0 Å². The Bertz CT molecular complexity index is 276. The molecule has 0 aliphatic heterocycles. The van der Waals surface area contributed by atoms with E-state index in [2.05, 4.69) is 32.9 Å². The van der Waals surface area contributed by atoms with Gasteiger partial charge in [-0.1, -0.05) is 10.4 Å². The van der Waals surface area contributed by atoms with E-state index in [0.717, 1.165) is 39.0 Å². The minimum absolute atomic E-state index is 0.127. The predicted molar refractivity (Wildman–Crippen MR) is 92.2 cm³/mol. The van der Waals surface area contributed by atoms with E-state index < -0.39 is 0 Å². The molecule has 22 heavy (non-hydrogen) atoms. The van der Waals surface area contributed by atoms with E-state index in [9.17, 15) is 9.81 Å². The maximum Gasteiger partial charge on any atom is 0.104 e. The summed E-state index contributed by atoms with van der Waals surface area (Å²) in [5.74, 6) is 0. The summed E-state index contributed by atoms with van der Waals surface area (Å²) in [5.41, 5.74) is 0. The molecule has 0 saturated heterocycles. The lowest BCUT2D eigenvalue weighted by atomic mass is 10.2. The van der Waals surface area contributed by atoms with Crippen molar-refractivity contribution in [3.05, 3.63) is 9.81 Å². The summed E-state index contributed by atoms with van der Waals surface area (Å²) in [6.45, 7) is 11.4. The first-order valence-electron chi connectivity index (χ1n) is 8.22. The summed E-state index contributed by atoms with van der Waals surface area (Å²) in [6.07, 6.45) is 2.09. The van der Waals surface area contributed by atoms with Crippen molar-refractivity contribution in [3.63, 3.8) is 0 Å². The Morgan fingerprint density at radius 2 is 1.18 bits per heavy atom. The summed E-state index contributed by atoms with van der Waals surface area (Å²) in [5, 5.41) is 12.7. The zero-order valence-corrected chi connectivity index (χ0v) is 14.7. The first-order chi connectivity index (χ1) is 10.4. The minimum Gasteiger partial charge on any atom is -0.312 e. The Kier molecular flexibility index (Phi) is 12.1. The van der Waals surface area contributed by atoms with Crippen LogP contribution < -0.4 is 10.6 Å². The molecule has 7 heteroatoms. The van der Waals surface area contributed by atoms with Crippen LogP contribution in [0.25, 0.3) is 0 Å². The average molecular weight is 315 g/mol. The molecule has 0 saturated carbocycles. The molecule has 0 fully saturated rings. The Balaban J connectivity index is 3.56. The van der Waals surface area contributed by atoms with Crippen LogP contribution in [0.15, 0.2) is 10.4 Å². The number of hydrogen-bond donors (Lipinski definition) is 2. The van der Waals surface area contributed by atoms with Crippen molar-refractivity contribution in [2.45, 2.75) is 64.7 Å². The van der Waals surface area contributed by atoms with Gasteiger partial charge in [-0.05, 0) is 73.8 Å². The lowest BCUT2D eigenvalue weighted by Gasteiger charge is -2.20. The SMILES string of the molecule is CC(N=O)C(C)NCCCN(C)CCCNC(C)C(C)N=O. The van der Waals surface area contributed by atoms with Crippen molar-refractivity contribution in [1.29, 1.82) is 0 Å². The first kappa shape index (κ1) is 21.1.